The number of rotatable bonds is 4. The van der Waals surface area contributed by atoms with E-state index in [4.69, 9.17) is 0 Å². The molecule has 6 nitrogen and oxygen atoms in total. The highest BCUT2D eigenvalue weighted by Crippen LogP contribution is 2.39. The van der Waals surface area contributed by atoms with Crippen LogP contribution in [0.15, 0.2) is 46.8 Å². The fourth-order valence-electron chi connectivity index (χ4n) is 2.75. The van der Waals surface area contributed by atoms with Gasteiger partial charge in [-0.25, -0.2) is 9.59 Å². The molecule has 1 aromatic carbocycles. The van der Waals surface area contributed by atoms with Gasteiger partial charge in [0.25, 0.3) is 0 Å². The molecule has 0 bridgehead atoms. The monoisotopic (exact) mass is 301 g/mol. The van der Waals surface area contributed by atoms with Crippen molar-refractivity contribution in [2.45, 2.75) is 19.8 Å². The van der Waals surface area contributed by atoms with Crippen LogP contribution in [0.2, 0.25) is 0 Å². The molecule has 0 saturated carbocycles. The third-order valence-electron chi connectivity index (χ3n) is 3.66. The summed E-state index contributed by atoms with van der Waals surface area (Å²) in [6.45, 7) is 3.14. The third kappa shape index (κ3) is 2.50. The summed E-state index contributed by atoms with van der Waals surface area (Å²) in [4.78, 5) is 34.5. The highest BCUT2D eigenvalue weighted by Gasteiger charge is 2.37. The number of hydrogen-bond acceptors (Lipinski definition) is 4. The Bertz CT molecular complexity index is 694. The van der Waals surface area contributed by atoms with Crippen LogP contribution in [0.1, 0.15) is 35.7 Å². The zero-order valence-corrected chi connectivity index (χ0v) is 12.1. The summed E-state index contributed by atoms with van der Waals surface area (Å²) >= 11 is 0. The van der Waals surface area contributed by atoms with Crippen LogP contribution < -0.4 is 5.32 Å². The number of carbonyl (C=O) groups is 3. The van der Waals surface area contributed by atoms with Gasteiger partial charge in [0.05, 0.1) is 17.1 Å². The van der Waals surface area contributed by atoms with Gasteiger partial charge in [-0.05, 0) is 19.4 Å². The maximum absolute atomic E-state index is 11.6. The van der Waals surface area contributed by atoms with E-state index in [0.717, 1.165) is 0 Å². The molecule has 22 heavy (non-hydrogen) atoms. The van der Waals surface area contributed by atoms with Crippen molar-refractivity contribution in [1.29, 1.82) is 0 Å². The van der Waals surface area contributed by atoms with E-state index in [0.29, 0.717) is 23.2 Å². The molecule has 0 unspecified atom stereocenters. The van der Waals surface area contributed by atoms with Gasteiger partial charge in [0.15, 0.2) is 0 Å². The van der Waals surface area contributed by atoms with E-state index in [1.165, 1.54) is 6.07 Å². The molecule has 0 radical (unpaired) electrons. The summed E-state index contributed by atoms with van der Waals surface area (Å²) in [6, 6.07) is 6.40. The van der Waals surface area contributed by atoms with Crippen LogP contribution in [0.5, 0.6) is 0 Å². The number of dihydropyridines is 1. The molecule has 1 aliphatic heterocycles. The van der Waals surface area contributed by atoms with Crippen molar-refractivity contribution in [3.8, 4) is 0 Å². The molecule has 0 spiro atoms. The molecule has 0 saturated heterocycles. The second-order valence-electron chi connectivity index (χ2n) is 4.99. The number of benzene rings is 1. The largest absolute Gasteiger partial charge is 0.478 e. The van der Waals surface area contributed by atoms with Crippen LogP contribution in [0.4, 0.5) is 0 Å². The SMILES string of the molecule is CC1=C(C(=O)O)C(c2ccccc2C=O)C(C(=O)O)=C(C)N1. The minimum atomic E-state index is -1.22. The summed E-state index contributed by atoms with van der Waals surface area (Å²) in [5.41, 5.74) is 1.22. The third-order valence-corrected chi connectivity index (χ3v) is 3.66. The van der Waals surface area contributed by atoms with Gasteiger partial charge in [0, 0.05) is 17.0 Å². The van der Waals surface area contributed by atoms with Crippen LogP contribution in [0, 0.1) is 0 Å². The lowest BCUT2D eigenvalue weighted by Gasteiger charge is -2.29. The molecule has 0 amide bonds. The van der Waals surface area contributed by atoms with E-state index < -0.39 is 17.9 Å². The van der Waals surface area contributed by atoms with Crippen LogP contribution in [0.25, 0.3) is 0 Å². The van der Waals surface area contributed by atoms with Gasteiger partial charge in [-0.2, -0.15) is 0 Å². The summed E-state index contributed by atoms with van der Waals surface area (Å²) in [6.07, 6.45) is 0.598. The molecular weight excluding hydrogens is 286 g/mol. The zero-order chi connectivity index (χ0) is 16.4. The Balaban J connectivity index is 2.78. The van der Waals surface area contributed by atoms with E-state index >= 15 is 0 Å². The molecule has 0 aromatic heterocycles. The molecule has 3 N–H and O–H groups in total. The molecule has 0 atom stereocenters. The molecule has 0 fully saturated rings. The predicted octanol–water partition coefficient (Wildman–Crippen LogP) is 1.90. The Labute approximate surface area is 126 Å². The highest BCUT2D eigenvalue weighted by atomic mass is 16.4. The molecule has 114 valence electrons. The lowest BCUT2D eigenvalue weighted by molar-refractivity contribution is -0.133. The quantitative estimate of drug-likeness (QED) is 0.734. The number of allylic oxidation sites excluding steroid dienone is 2. The van der Waals surface area contributed by atoms with Crippen molar-refractivity contribution in [2.75, 3.05) is 0 Å². The first-order valence-electron chi connectivity index (χ1n) is 6.57. The Kier molecular flexibility index (Phi) is 4.12. The van der Waals surface area contributed by atoms with Crippen molar-refractivity contribution in [3.05, 3.63) is 57.9 Å². The van der Waals surface area contributed by atoms with E-state index in [2.05, 4.69) is 5.32 Å². The number of carboxylic acids is 2. The van der Waals surface area contributed by atoms with Gasteiger partial charge in [-0.1, -0.05) is 24.3 Å². The van der Waals surface area contributed by atoms with E-state index in [1.807, 2.05) is 0 Å². The van der Waals surface area contributed by atoms with Crippen molar-refractivity contribution in [2.24, 2.45) is 0 Å². The normalized spacial score (nSPS) is 15.5. The van der Waals surface area contributed by atoms with Gasteiger partial charge < -0.3 is 15.5 Å². The number of carbonyl (C=O) groups excluding carboxylic acids is 1. The van der Waals surface area contributed by atoms with Crippen molar-refractivity contribution in [1.82, 2.24) is 5.32 Å². The summed E-state index contributed by atoms with van der Waals surface area (Å²) in [7, 11) is 0. The topological polar surface area (TPSA) is 104 Å². The maximum Gasteiger partial charge on any atom is 0.334 e. The fraction of sp³-hybridized carbons (Fsp3) is 0.188. The van der Waals surface area contributed by atoms with Gasteiger partial charge >= 0.3 is 11.9 Å². The molecular formula is C16H15NO5. The van der Waals surface area contributed by atoms with Gasteiger partial charge in [0.1, 0.15) is 6.29 Å². The zero-order valence-electron chi connectivity index (χ0n) is 12.1. The second kappa shape index (κ2) is 5.85. The number of aliphatic carboxylic acids is 2. The van der Waals surface area contributed by atoms with Gasteiger partial charge in [-0.3, -0.25) is 4.79 Å². The average Bonchev–Trinajstić information content (AvgIpc) is 2.45. The van der Waals surface area contributed by atoms with E-state index in [1.54, 1.807) is 32.0 Å². The maximum atomic E-state index is 11.6. The summed E-state index contributed by atoms with van der Waals surface area (Å²) < 4.78 is 0. The fourth-order valence-corrected chi connectivity index (χ4v) is 2.75. The highest BCUT2D eigenvalue weighted by molar-refractivity contribution is 5.99. The minimum absolute atomic E-state index is 0.0719. The van der Waals surface area contributed by atoms with Crippen LogP contribution in [-0.4, -0.2) is 28.4 Å². The van der Waals surface area contributed by atoms with Crippen molar-refractivity contribution < 1.29 is 24.6 Å². The molecule has 1 heterocycles. The van der Waals surface area contributed by atoms with Crippen LogP contribution in [0.3, 0.4) is 0 Å². The number of carboxylic acid groups (broad SMARTS) is 2. The summed E-state index contributed by atoms with van der Waals surface area (Å²) in [5, 5.41) is 21.8. The van der Waals surface area contributed by atoms with Crippen LogP contribution in [-0.2, 0) is 9.59 Å². The Morgan fingerprint density at radius 2 is 1.55 bits per heavy atom. The second-order valence-corrected chi connectivity index (χ2v) is 4.99. The molecule has 2 rings (SSSR count). The summed E-state index contributed by atoms with van der Waals surface area (Å²) in [5.74, 6) is -3.44. The van der Waals surface area contributed by atoms with Gasteiger partial charge in [0.2, 0.25) is 0 Å². The Morgan fingerprint density at radius 3 is 2.00 bits per heavy atom. The molecule has 1 aromatic rings. The molecule has 6 heteroatoms. The van der Waals surface area contributed by atoms with Crippen LogP contribution >= 0.6 is 0 Å². The van der Waals surface area contributed by atoms with Crippen molar-refractivity contribution >= 4 is 18.2 Å². The number of aldehydes is 1. The predicted molar refractivity (Wildman–Crippen MR) is 78.4 cm³/mol. The first-order chi connectivity index (χ1) is 10.4. The minimum Gasteiger partial charge on any atom is -0.478 e. The lowest BCUT2D eigenvalue weighted by atomic mass is 9.79. The van der Waals surface area contributed by atoms with Gasteiger partial charge in [-0.15, -0.1) is 0 Å². The Morgan fingerprint density at radius 1 is 1.05 bits per heavy atom. The molecule has 0 aliphatic carbocycles. The van der Waals surface area contributed by atoms with Crippen molar-refractivity contribution in [3.63, 3.8) is 0 Å². The average molecular weight is 301 g/mol. The smallest absolute Gasteiger partial charge is 0.334 e. The molecule has 1 aliphatic rings. The first kappa shape index (κ1) is 15.5. The van der Waals surface area contributed by atoms with E-state index in [9.17, 15) is 24.6 Å². The Hall–Kier alpha value is -2.89. The number of hydrogen-bond donors (Lipinski definition) is 3. The standard InChI is InChI=1S/C16H15NO5/c1-8-12(15(19)20)14(13(16(21)22)9(2)17-8)11-6-4-3-5-10(11)7-18/h3-7,14,17H,1-2H3,(H,19,20)(H,21,22). The van der Waals surface area contributed by atoms with E-state index in [-0.39, 0.29) is 16.7 Å². The first-order valence-corrected chi connectivity index (χ1v) is 6.57. The number of nitrogens with one attached hydrogen (secondary N) is 1. The lowest BCUT2D eigenvalue weighted by Crippen LogP contribution is -2.31.